The van der Waals surface area contributed by atoms with E-state index in [1.165, 1.54) is 44.9 Å². The van der Waals surface area contributed by atoms with E-state index in [4.69, 9.17) is 0 Å². The van der Waals surface area contributed by atoms with Crippen molar-refractivity contribution in [1.29, 1.82) is 0 Å². The van der Waals surface area contributed by atoms with E-state index in [1.807, 2.05) is 0 Å². The van der Waals surface area contributed by atoms with E-state index in [2.05, 4.69) is 41.5 Å². The Balaban J connectivity index is 3.78. The highest BCUT2D eigenvalue weighted by molar-refractivity contribution is 4.66. The molecule has 0 fully saturated rings. The fraction of sp³-hybridized carbons (Fsp3) is 1.00. The Bertz CT molecular complexity index is 157. The van der Waals surface area contributed by atoms with E-state index < -0.39 is 0 Å². The summed E-state index contributed by atoms with van der Waals surface area (Å²) in [6, 6.07) is 0. The molecule has 3 unspecified atom stereocenters. The largest absolute Gasteiger partial charge is 0.0654 e. The summed E-state index contributed by atoms with van der Waals surface area (Å²) in [5, 5.41) is 0. The second kappa shape index (κ2) is 9.97. The van der Waals surface area contributed by atoms with Crippen LogP contribution in [0.5, 0.6) is 0 Å². The molecule has 0 saturated carbocycles. The Kier molecular flexibility index (Phi) is 9.97. The third kappa shape index (κ3) is 7.84. The van der Waals surface area contributed by atoms with Gasteiger partial charge in [0.2, 0.25) is 0 Å². The van der Waals surface area contributed by atoms with Crippen molar-refractivity contribution in [3.8, 4) is 0 Å². The molecule has 0 heterocycles. The van der Waals surface area contributed by atoms with Gasteiger partial charge < -0.3 is 0 Å². The van der Waals surface area contributed by atoms with Gasteiger partial charge in [0.05, 0.1) is 0 Å². The molecule has 0 N–H and O–H groups in total. The van der Waals surface area contributed by atoms with Crippen LogP contribution in [-0.4, -0.2) is 0 Å². The van der Waals surface area contributed by atoms with E-state index in [0.29, 0.717) is 0 Å². The molecule has 3 atom stereocenters. The van der Waals surface area contributed by atoms with Gasteiger partial charge in [0, 0.05) is 0 Å². The van der Waals surface area contributed by atoms with Crippen molar-refractivity contribution in [1.82, 2.24) is 0 Å². The standard InChI is InChI=1S/C17H36/c1-7-10-15(5)16(6)12-11-14(4)13-17(8-2)9-3/h14-17H,7-13H2,1-6H3. The highest BCUT2D eigenvalue weighted by atomic mass is 14.2. The fourth-order valence-corrected chi connectivity index (χ4v) is 2.88. The Morgan fingerprint density at radius 3 is 1.71 bits per heavy atom. The van der Waals surface area contributed by atoms with Crippen molar-refractivity contribution >= 4 is 0 Å². The third-order valence-electron chi connectivity index (χ3n) is 4.72. The topological polar surface area (TPSA) is 0 Å². The van der Waals surface area contributed by atoms with E-state index >= 15 is 0 Å². The van der Waals surface area contributed by atoms with Gasteiger partial charge in [-0.2, -0.15) is 0 Å². The molecule has 0 aliphatic heterocycles. The first-order chi connectivity index (χ1) is 8.04. The molecule has 0 rings (SSSR count). The van der Waals surface area contributed by atoms with E-state index in [-0.39, 0.29) is 0 Å². The Morgan fingerprint density at radius 1 is 0.706 bits per heavy atom. The minimum atomic E-state index is 0.916. The Hall–Kier alpha value is 0. The van der Waals surface area contributed by atoms with Crippen LogP contribution >= 0.6 is 0 Å². The van der Waals surface area contributed by atoms with E-state index in [1.54, 1.807) is 0 Å². The summed E-state index contributed by atoms with van der Waals surface area (Å²) in [6.07, 6.45) is 9.79. The maximum Gasteiger partial charge on any atom is -0.0417 e. The lowest BCUT2D eigenvalue weighted by atomic mass is 9.83. The maximum absolute atomic E-state index is 2.45. The minimum Gasteiger partial charge on any atom is -0.0654 e. The smallest absolute Gasteiger partial charge is 0.0417 e. The number of hydrogen-bond acceptors (Lipinski definition) is 0. The van der Waals surface area contributed by atoms with Gasteiger partial charge in [0.15, 0.2) is 0 Å². The molecular weight excluding hydrogens is 204 g/mol. The molecule has 0 aliphatic carbocycles. The lowest BCUT2D eigenvalue weighted by Gasteiger charge is -2.23. The molecule has 0 aromatic heterocycles. The molecule has 0 aromatic carbocycles. The molecule has 0 bridgehead atoms. The molecule has 0 nitrogen and oxygen atoms in total. The summed E-state index contributed by atoms with van der Waals surface area (Å²) in [7, 11) is 0. The molecule has 17 heavy (non-hydrogen) atoms. The highest BCUT2D eigenvalue weighted by Gasteiger charge is 2.14. The zero-order valence-electron chi connectivity index (χ0n) is 13.3. The summed E-state index contributed by atoms with van der Waals surface area (Å²) in [5.74, 6) is 3.73. The van der Waals surface area contributed by atoms with Gasteiger partial charge in [-0.1, -0.05) is 80.1 Å². The number of rotatable bonds is 10. The summed E-state index contributed by atoms with van der Waals surface area (Å²) in [4.78, 5) is 0. The predicted octanol–water partition coefficient (Wildman–Crippen LogP) is 6.30. The Morgan fingerprint density at radius 2 is 1.24 bits per heavy atom. The van der Waals surface area contributed by atoms with Gasteiger partial charge in [0.25, 0.3) is 0 Å². The van der Waals surface area contributed by atoms with E-state index in [9.17, 15) is 0 Å². The zero-order valence-corrected chi connectivity index (χ0v) is 13.3. The molecular formula is C17H36. The second-order valence-corrected chi connectivity index (χ2v) is 6.34. The zero-order chi connectivity index (χ0) is 13.3. The van der Waals surface area contributed by atoms with Crippen LogP contribution in [0, 0.1) is 23.7 Å². The average Bonchev–Trinajstić information content (AvgIpc) is 2.33. The fourth-order valence-electron chi connectivity index (χ4n) is 2.88. The SMILES string of the molecule is CCCC(C)C(C)CCC(C)CC(CC)CC. The molecule has 104 valence electrons. The van der Waals surface area contributed by atoms with Crippen molar-refractivity contribution in [2.45, 2.75) is 86.5 Å². The van der Waals surface area contributed by atoms with Crippen LogP contribution in [0.15, 0.2) is 0 Å². The average molecular weight is 240 g/mol. The van der Waals surface area contributed by atoms with Crippen molar-refractivity contribution in [2.24, 2.45) is 23.7 Å². The summed E-state index contributed by atoms with van der Waals surface area (Å²) in [6.45, 7) is 14.3. The van der Waals surface area contributed by atoms with Crippen LogP contribution < -0.4 is 0 Å². The van der Waals surface area contributed by atoms with Gasteiger partial charge in [0.1, 0.15) is 0 Å². The number of hydrogen-bond donors (Lipinski definition) is 0. The monoisotopic (exact) mass is 240 g/mol. The van der Waals surface area contributed by atoms with Gasteiger partial charge in [-0.05, 0) is 30.1 Å². The van der Waals surface area contributed by atoms with Crippen molar-refractivity contribution in [3.63, 3.8) is 0 Å². The first kappa shape index (κ1) is 17.0. The molecule has 0 spiro atoms. The summed E-state index contributed by atoms with van der Waals surface area (Å²) in [5.41, 5.74) is 0. The third-order valence-corrected chi connectivity index (χ3v) is 4.72. The molecule has 0 radical (unpaired) electrons. The van der Waals surface area contributed by atoms with Crippen LogP contribution in [0.25, 0.3) is 0 Å². The quantitative estimate of drug-likeness (QED) is 0.420. The van der Waals surface area contributed by atoms with Crippen LogP contribution in [0.4, 0.5) is 0 Å². The van der Waals surface area contributed by atoms with Gasteiger partial charge in [-0.15, -0.1) is 0 Å². The van der Waals surface area contributed by atoms with Gasteiger partial charge >= 0.3 is 0 Å². The maximum atomic E-state index is 2.45. The minimum absolute atomic E-state index is 0.916. The lowest BCUT2D eigenvalue weighted by Crippen LogP contribution is -2.11. The summed E-state index contributed by atoms with van der Waals surface area (Å²) < 4.78 is 0. The first-order valence-electron chi connectivity index (χ1n) is 8.04. The normalized spacial score (nSPS) is 17.1. The first-order valence-corrected chi connectivity index (χ1v) is 8.04. The molecule has 0 aliphatic rings. The summed E-state index contributed by atoms with van der Waals surface area (Å²) >= 11 is 0. The van der Waals surface area contributed by atoms with Crippen molar-refractivity contribution in [2.75, 3.05) is 0 Å². The highest BCUT2D eigenvalue weighted by Crippen LogP contribution is 2.27. The van der Waals surface area contributed by atoms with Crippen LogP contribution in [0.1, 0.15) is 86.5 Å². The van der Waals surface area contributed by atoms with Crippen LogP contribution in [0.3, 0.4) is 0 Å². The lowest BCUT2D eigenvalue weighted by molar-refractivity contribution is 0.288. The molecule has 0 heteroatoms. The van der Waals surface area contributed by atoms with Crippen molar-refractivity contribution < 1.29 is 0 Å². The van der Waals surface area contributed by atoms with Crippen LogP contribution in [-0.2, 0) is 0 Å². The van der Waals surface area contributed by atoms with Gasteiger partial charge in [-0.3, -0.25) is 0 Å². The molecule has 0 saturated heterocycles. The second-order valence-electron chi connectivity index (χ2n) is 6.34. The Labute approximate surface area is 111 Å². The van der Waals surface area contributed by atoms with Gasteiger partial charge in [-0.25, -0.2) is 0 Å². The molecule has 0 amide bonds. The van der Waals surface area contributed by atoms with Crippen molar-refractivity contribution in [3.05, 3.63) is 0 Å². The predicted molar refractivity (Wildman–Crippen MR) is 80.3 cm³/mol. The molecule has 0 aromatic rings. The van der Waals surface area contributed by atoms with E-state index in [0.717, 1.165) is 23.7 Å². The van der Waals surface area contributed by atoms with Crippen LogP contribution in [0.2, 0.25) is 0 Å².